The van der Waals surface area contributed by atoms with Gasteiger partial charge in [-0.15, -0.1) is 12.4 Å². The van der Waals surface area contributed by atoms with Gasteiger partial charge in [-0.3, -0.25) is 0 Å². The van der Waals surface area contributed by atoms with Crippen LogP contribution in [0.25, 0.3) is 0 Å². The number of rotatable bonds is 4. The van der Waals surface area contributed by atoms with Gasteiger partial charge in [0.2, 0.25) is 10.0 Å². The van der Waals surface area contributed by atoms with E-state index in [1.54, 1.807) is 0 Å². The van der Waals surface area contributed by atoms with E-state index in [0.29, 0.717) is 12.1 Å². The standard InChI is InChI=1S/C9H10ClF3N2O2S.ClH/c10-7-2-1-6(9(11,12)13)5-8(7)18(16,17)15-4-3-14;/h1-2,5,15H,3-4,14H2;1H. The minimum absolute atomic E-state index is 0. The third-order valence-corrected chi connectivity index (χ3v) is 3.93. The van der Waals surface area contributed by atoms with Crippen molar-refractivity contribution in [2.75, 3.05) is 13.1 Å². The zero-order valence-electron chi connectivity index (χ0n) is 9.37. The molecule has 1 aromatic carbocycles. The average molecular weight is 339 g/mol. The number of hydrogen-bond acceptors (Lipinski definition) is 3. The van der Waals surface area contributed by atoms with Crippen LogP contribution in [0.3, 0.4) is 0 Å². The van der Waals surface area contributed by atoms with Crippen LogP contribution in [-0.4, -0.2) is 21.5 Å². The van der Waals surface area contributed by atoms with Gasteiger partial charge in [0.05, 0.1) is 10.6 Å². The number of sulfonamides is 1. The molecule has 0 saturated heterocycles. The quantitative estimate of drug-likeness (QED) is 0.882. The van der Waals surface area contributed by atoms with Crippen molar-refractivity contribution in [3.8, 4) is 0 Å². The summed E-state index contributed by atoms with van der Waals surface area (Å²) in [4.78, 5) is -0.618. The van der Waals surface area contributed by atoms with Crippen molar-refractivity contribution in [2.24, 2.45) is 5.73 Å². The first kappa shape index (κ1) is 18.5. The largest absolute Gasteiger partial charge is 0.416 e. The second-order valence-electron chi connectivity index (χ2n) is 3.33. The SMILES string of the molecule is Cl.NCCNS(=O)(=O)c1cc(C(F)(F)F)ccc1Cl. The molecule has 0 bridgehead atoms. The molecule has 110 valence electrons. The average Bonchev–Trinajstić information content (AvgIpc) is 2.25. The zero-order chi connectivity index (χ0) is 14.0. The Kier molecular flexibility index (Phi) is 6.56. The van der Waals surface area contributed by atoms with Crippen molar-refractivity contribution in [2.45, 2.75) is 11.1 Å². The summed E-state index contributed by atoms with van der Waals surface area (Å²) in [5, 5.41) is -0.285. The highest BCUT2D eigenvalue weighted by Crippen LogP contribution is 2.33. The van der Waals surface area contributed by atoms with Crippen LogP contribution in [0.1, 0.15) is 5.56 Å². The number of hydrogen-bond donors (Lipinski definition) is 2. The van der Waals surface area contributed by atoms with Gasteiger partial charge in [0, 0.05) is 13.1 Å². The maximum Gasteiger partial charge on any atom is 0.416 e. The van der Waals surface area contributed by atoms with E-state index in [1.807, 2.05) is 4.72 Å². The molecular formula is C9H11Cl2F3N2O2S. The van der Waals surface area contributed by atoms with Crippen molar-refractivity contribution in [1.82, 2.24) is 4.72 Å². The molecule has 0 amide bonds. The van der Waals surface area contributed by atoms with Gasteiger partial charge in [-0.05, 0) is 18.2 Å². The first-order valence-corrected chi connectivity index (χ1v) is 6.61. The third kappa shape index (κ3) is 4.81. The van der Waals surface area contributed by atoms with E-state index in [0.717, 1.165) is 6.07 Å². The van der Waals surface area contributed by atoms with E-state index in [9.17, 15) is 21.6 Å². The molecule has 0 spiro atoms. The van der Waals surface area contributed by atoms with Gasteiger partial charge >= 0.3 is 6.18 Å². The minimum atomic E-state index is -4.64. The first-order valence-electron chi connectivity index (χ1n) is 4.75. The lowest BCUT2D eigenvalue weighted by Crippen LogP contribution is -2.29. The number of nitrogens with two attached hydrogens (primary N) is 1. The summed E-state index contributed by atoms with van der Waals surface area (Å²) in [6.07, 6.45) is -4.64. The Morgan fingerprint density at radius 1 is 1.32 bits per heavy atom. The van der Waals surface area contributed by atoms with Gasteiger partial charge in [-0.25, -0.2) is 13.1 Å². The molecule has 4 nitrogen and oxygen atoms in total. The molecule has 0 atom stereocenters. The van der Waals surface area contributed by atoms with Gasteiger partial charge in [0.15, 0.2) is 0 Å². The summed E-state index contributed by atoms with van der Waals surface area (Å²) in [6.45, 7) is -0.0648. The van der Waals surface area contributed by atoms with Crippen LogP contribution in [0, 0.1) is 0 Å². The summed E-state index contributed by atoms with van der Waals surface area (Å²) in [7, 11) is -4.10. The monoisotopic (exact) mass is 338 g/mol. The van der Waals surface area contributed by atoms with Crippen molar-refractivity contribution < 1.29 is 21.6 Å². The fraction of sp³-hybridized carbons (Fsp3) is 0.333. The second kappa shape index (κ2) is 6.76. The molecular weight excluding hydrogens is 328 g/mol. The van der Waals surface area contributed by atoms with Crippen LogP contribution < -0.4 is 10.5 Å². The van der Waals surface area contributed by atoms with Crippen LogP contribution in [-0.2, 0) is 16.2 Å². The molecule has 3 N–H and O–H groups in total. The maximum atomic E-state index is 12.5. The molecule has 0 radical (unpaired) electrons. The molecule has 0 saturated carbocycles. The van der Waals surface area contributed by atoms with E-state index in [-0.39, 0.29) is 30.5 Å². The van der Waals surface area contributed by atoms with Crippen molar-refractivity contribution in [1.29, 1.82) is 0 Å². The Bertz CT molecular complexity index is 535. The topological polar surface area (TPSA) is 72.2 Å². The maximum absolute atomic E-state index is 12.5. The van der Waals surface area contributed by atoms with Crippen molar-refractivity contribution in [3.05, 3.63) is 28.8 Å². The predicted octanol–water partition coefficient (Wildman–Crippen LogP) is 2.02. The van der Waals surface area contributed by atoms with Gasteiger partial charge in [-0.1, -0.05) is 11.6 Å². The minimum Gasteiger partial charge on any atom is -0.329 e. The predicted molar refractivity (Wildman–Crippen MR) is 67.9 cm³/mol. The van der Waals surface area contributed by atoms with Crippen molar-refractivity contribution in [3.63, 3.8) is 0 Å². The van der Waals surface area contributed by atoms with E-state index in [2.05, 4.69) is 0 Å². The van der Waals surface area contributed by atoms with Gasteiger partial charge in [0.1, 0.15) is 4.90 Å². The number of nitrogens with one attached hydrogen (secondary N) is 1. The molecule has 10 heteroatoms. The van der Waals surface area contributed by atoms with E-state index < -0.39 is 26.7 Å². The fourth-order valence-electron chi connectivity index (χ4n) is 1.16. The van der Waals surface area contributed by atoms with Crippen LogP contribution in [0.5, 0.6) is 0 Å². The van der Waals surface area contributed by atoms with Crippen LogP contribution in [0.15, 0.2) is 23.1 Å². The Labute approximate surface area is 119 Å². The van der Waals surface area contributed by atoms with Gasteiger partial charge in [0.25, 0.3) is 0 Å². The Morgan fingerprint density at radius 3 is 2.37 bits per heavy atom. The molecule has 0 heterocycles. The summed E-state index contributed by atoms with van der Waals surface area (Å²) in [5.74, 6) is 0. The van der Waals surface area contributed by atoms with E-state index >= 15 is 0 Å². The number of alkyl halides is 3. The van der Waals surface area contributed by atoms with Crippen LogP contribution in [0.2, 0.25) is 5.02 Å². The Hall–Kier alpha value is -0.540. The third-order valence-electron chi connectivity index (χ3n) is 1.98. The second-order valence-corrected chi connectivity index (χ2v) is 5.47. The highest BCUT2D eigenvalue weighted by atomic mass is 35.5. The van der Waals surface area contributed by atoms with Crippen LogP contribution in [0.4, 0.5) is 13.2 Å². The molecule has 1 rings (SSSR count). The van der Waals surface area contributed by atoms with E-state index in [1.165, 1.54) is 0 Å². The lowest BCUT2D eigenvalue weighted by Gasteiger charge is -2.11. The Morgan fingerprint density at radius 2 is 1.89 bits per heavy atom. The molecule has 0 aromatic heterocycles. The summed E-state index contributed by atoms with van der Waals surface area (Å²) < 4.78 is 62.8. The highest BCUT2D eigenvalue weighted by molar-refractivity contribution is 7.89. The summed E-state index contributed by atoms with van der Waals surface area (Å²) >= 11 is 5.59. The summed E-state index contributed by atoms with van der Waals surface area (Å²) in [6, 6.07) is 2.09. The lowest BCUT2D eigenvalue weighted by atomic mass is 10.2. The molecule has 0 unspecified atom stereocenters. The van der Waals surface area contributed by atoms with Crippen LogP contribution >= 0.6 is 24.0 Å². The first-order chi connectivity index (χ1) is 8.18. The Balaban J connectivity index is 0.00000324. The van der Waals surface area contributed by atoms with Gasteiger partial charge < -0.3 is 5.73 Å². The van der Waals surface area contributed by atoms with Crippen molar-refractivity contribution >= 4 is 34.0 Å². The highest BCUT2D eigenvalue weighted by Gasteiger charge is 2.32. The molecule has 0 aliphatic carbocycles. The van der Waals surface area contributed by atoms with Gasteiger partial charge in [-0.2, -0.15) is 13.2 Å². The smallest absolute Gasteiger partial charge is 0.329 e. The molecule has 0 aliphatic heterocycles. The summed E-state index contributed by atoms with van der Waals surface area (Å²) in [5.41, 5.74) is 4.03. The fourth-order valence-corrected chi connectivity index (χ4v) is 2.73. The number of benzene rings is 1. The molecule has 0 aliphatic rings. The molecule has 0 fully saturated rings. The molecule has 1 aromatic rings. The zero-order valence-corrected chi connectivity index (χ0v) is 11.8. The number of halogens is 5. The molecule has 19 heavy (non-hydrogen) atoms. The normalized spacial score (nSPS) is 12.1. The van der Waals surface area contributed by atoms with E-state index in [4.69, 9.17) is 17.3 Å². The lowest BCUT2D eigenvalue weighted by molar-refractivity contribution is -0.137.